The molecule has 0 radical (unpaired) electrons. The Balaban J connectivity index is 1.80. The van der Waals surface area contributed by atoms with Gasteiger partial charge in [0.25, 0.3) is 0 Å². The molecule has 0 atom stereocenters. The minimum Gasteiger partial charge on any atom is -0.495 e. The third-order valence-electron chi connectivity index (χ3n) is 4.03. The van der Waals surface area contributed by atoms with Crippen LogP contribution in [0.25, 0.3) is 0 Å². The molecule has 146 valence electrons. The van der Waals surface area contributed by atoms with Crippen molar-refractivity contribution in [2.75, 3.05) is 43.8 Å². The van der Waals surface area contributed by atoms with Crippen LogP contribution in [-0.2, 0) is 0 Å². The summed E-state index contributed by atoms with van der Waals surface area (Å²) in [5, 5.41) is 6.87. The second-order valence-electron chi connectivity index (χ2n) is 6.14. The number of rotatable bonds is 7. The Morgan fingerprint density at radius 1 is 0.929 bits per heavy atom. The maximum Gasteiger partial charge on any atom is 0.229 e. The average molecular weight is 400 g/mol. The van der Waals surface area contributed by atoms with Crippen molar-refractivity contribution in [2.24, 2.45) is 0 Å². The van der Waals surface area contributed by atoms with Gasteiger partial charge in [-0.05, 0) is 30.3 Å². The highest BCUT2D eigenvalue weighted by Gasteiger charge is 2.11. The molecule has 0 aliphatic rings. The van der Waals surface area contributed by atoms with Crippen LogP contribution in [0.4, 0.5) is 28.8 Å². The fourth-order valence-corrected chi connectivity index (χ4v) is 2.79. The maximum absolute atomic E-state index is 6.15. The summed E-state index contributed by atoms with van der Waals surface area (Å²) in [5.41, 5.74) is 2.71. The van der Waals surface area contributed by atoms with Gasteiger partial charge in [0.15, 0.2) is 0 Å². The van der Waals surface area contributed by atoms with E-state index in [1.807, 2.05) is 43.3 Å². The van der Waals surface area contributed by atoms with Crippen molar-refractivity contribution < 1.29 is 9.47 Å². The number of ether oxygens (including phenoxy) is 2. The van der Waals surface area contributed by atoms with Gasteiger partial charge in [-0.1, -0.05) is 11.6 Å². The van der Waals surface area contributed by atoms with Crippen LogP contribution in [0.2, 0.25) is 5.02 Å². The monoisotopic (exact) mass is 399 g/mol. The fourth-order valence-electron chi connectivity index (χ4n) is 2.56. The van der Waals surface area contributed by atoms with Gasteiger partial charge in [0.2, 0.25) is 5.95 Å². The Kier molecular flexibility index (Phi) is 6.06. The third-order valence-corrected chi connectivity index (χ3v) is 4.33. The largest absolute Gasteiger partial charge is 0.495 e. The van der Waals surface area contributed by atoms with Gasteiger partial charge in [-0.25, -0.2) is 4.98 Å². The van der Waals surface area contributed by atoms with Gasteiger partial charge in [0.05, 0.1) is 24.9 Å². The summed E-state index contributed by atoms with van der Waals surface area (Å²) in [5.74, 6) is 2.17. The van der Waals surface area contributed by atoms with E-state index in [4.69, 9.17) is 21.1 Å². The lowest BCUT2D eigenvalue weighted by molar-refractivity contribution is 0.405. The molecular weight excluding hydrogens is 378 g/mol. The van der Waals surface area contributed by atoms with Crippen LogP contribution in [0.15, 0.2) is 48.7 Å². The van der Waals surface area contributed by atoms with Crippen molar-refractivity contribution in [3.05, 3.63) is 53.7 Å². The number of methoxy groups -OCH3 is 2. The van der Waals surface area contributed by atoms with Gasteiger partial charge in [-0.2, -0.15) is 4.98 Å². The van der Waals surface area contributed by atoms with Gasteiger partial charge in [0, 0.05) is 43.8 Å². The highest BCUT2D eigenvalue weighted by molar-refractivity contribution is 6.32. The first-order chi connectivity index (χ1) is 13.5. The van der Waals surface area contributed by atoms with Gasteiger partial charge in [-0.3, -0.25) is 0 Å². The summed E-state index contributed by atoms with van der Waals surface area (Å²) >= 11 is 6.15. The molecule has 3 aromatic rings. The molecule has 8 heteroatoms. The van der Waals surface area contributed by atoms with Gasteiger partial charge in [0.1, 0.15) is 17.3 Å². The van der Waals surface area contributed by atoms with E-state index in [0.29, 0.717) is 34.0 Å². The van der Waals surface area contributed by atoms with Gasteiger partial charge in [-0.15, -0.1) is 0 Å². The molecule has 28 heavy (non-hydrogen) atoms. The lowest BCUT2D eigenvalue weighted by Crippen LogP contribution is -2.08. The zero-order chi connectivity index (χ0) is 20.1. The standard InChI is InChI=1S/C20H22ClN5O2/c1-26(2)14-7-5-13(6-8-14)23-19-9-10-22-20(25-19)24-16-12-17(27-3)15(21)11-18(16)28-4/h5-12H,1-4H3,(H2,22,23,24,25). The third kappa shape index (κ3) is 4.55. The van der Waals surface area contributed by atoms with E-state index in [-0.39, 0.29) is 0 Å². The Labute approximate surface area is 169 Å². The number of hydrogen-bond acceptors (Lipinski definition) is 7. The molecule has 0 spiro atoms. The molecule has 0 saturated heterocycles. The highest BCUT2D eigenvalue weighted by atomic mass is 35.5. The summed E-state index contributed by atoms with van der Waals surface area (Å²) in [6, 6.07) is 13.3. The fraction of sp³-hybridized carbons (Fsp3) is 0.200. The predicted molar refractivity (Wildman–Crippen MR) is 114 cm³/mol. The summed E-state index contributed by atoms with van der Waals surface area (Å²) in [7, 11) is 7.13. The van der Waals surface area contributed by atoms with E-state index < -0.39 is 0 Å². The highest BCUT2D eigenvalue weighted by Crippen LogP contribution is 2.37. The van der Waals surface area contributed by atoms with Crippen LogP contribution in [0, 0.1) is 0 Å². The molecule has 0 bridgehead atoms. The van der Waals surface area contributed by atoms with E-state index in [9.17, 15) is 0 Å². The SMILES string of the molecule is COc1cc(Nc2nccc(Nc3ccc(N(C)C)cc3)n2)c(OC)cc1Cl. The van der Waals surface area contributed by atoms with Crippen molar-refractivity contribution in [1.29, 1.82) is 0 Å². The number of aromatic nitrogens is 2. The first kappa shape index (κ1) is 19.6. The minimum atomic E-state index is 0.414. The van der Waals surface area contributed by atoms with Crippen molar-refractivity contribution in [1.82, 2.24) is 9.97 Å². The van der Waals surface area contributed by atoms with Crippen molar-refractivity contribution in [3.63, 3.8) is 0 Å². The molecular formula is C20H22ClN5O2. The second-order valence-corrected chi connectivity index (χ2v) is 6.55. The topological polar surface area (TPSA) is 71.5 Å². The number of nitrogens with one attached hydrogen (secondary N) is 2. The molecule has 3 rings (SSSR count). The molecule has 0 aliphatic heterocycles. The lowest BCUT2D eigenvalue weighted by Gasteiger charge is -2.14. The van der Waals surface area contributed by atoms with Gasteiger partial charge < -0.3 is 25.0 Å². The molecule has 0 saturated carbocycles. The Hall–Kier alpha value is -3.19. The Bertz CT molecular complexity index is 948. The first-order valence-electron chi connectivity index (χ1n) is 8.56. The van der Waals surface area contributed by atoms with E-state index in [1.54, 1.807) is 38.6 Å². The molecule has 1 heterocycles. The molecule has 0 amide bonds. The number of hydrogen-bond donors (Lipinski definition) is 2. The van der Waals surface area contributed by atoms with Crippen molar-refractivity contribution in [3.8, 4) is 11.5 Å². The van der Waals surface area contributed by atoms with E-state index in [2.05, 4.69) is 20.6 Å². The number of nitrogens with zero attached hydrogens (tertiary/aromatic N) is 3. The number of anilines is 5. The summed E-state index contributed by atoms with van der Waals surface area (Å²) in [4.78, 5) is 10.8. The molecule has 0 aliphatic carbocycles. The number of benzene rings is 2. The van der Waals surface area contributed by atoms with Crippen LogP contribution in [0.3, 0.4) is 0 Å². The normalized spacial score (nSPS) is 10.3. The molecule has 1 aromatic heterocycles. The average Bonchev–Trinajstić information content (AvgIpc) is 2.69. The van der Waals surface area contributed by atoms with Crippen LogP contribution >= 0.6 is 11.6 Å². The zero-order valence-corrected chi connectivity index (χ0v) is 16.9. The van der Waals surface area contributed by atoms with Gasteiger partial charge >= 0.3 is 0 Å². The summed E-state index contributed by atoms with van der Waals surface area (Å²) < 4.78 is 10.6. The van der Waals surface area contributed by atoms with Crippen LogP contribution < -0.4 is 25.0 Å². The quantitative estimate of drug-likeness (QED) is 0.596. The molecule has 0 unspecified atom stereocenters. The van der Waals surface area contributed by atoms with Crippen LogP contribution in [0.1, 0.15) is 0 Å². The second kappa shape index (κ2) is 8.67. The van der Waals surface area contributed by atoms with E-state index in [1.165, 1.54) is 0 Å². The summed E-state index contributed by atoms with van der Waals surface area (Å²) in [6.45, 7) is 0. The Morgan fingerprint density at radius 2 is 1.64 bits per heavy atom. The van der Waals surface area contributed by atoms with Crippen molar-refractivity contribution in [2.45, 2.75) is 0 Å². The Morgan fingerprint density at radius 3 is 2.29 bits per heavy atom. The molecule has 0 fully saturated rings. The predicted octanol–water partition coefficient (Wildman–Crippen LogP) is 4.70. The first-order valence-corrected chi connectivity index (χ1v) is 8.94. The molecule has 7 nitrogen and oxygen atoms in total. The van der Waals surface area contributed by atoms with E-state index >= 15 is 0 Å². The maximum atomic E-state index is 6.15. The molecule has 2 N–H and O–H groups in total. The van der Waals surface area contributed by atoms with Crippen molar-refractivity contribution >= 4 is 40.4 Å². The zero-order valence-electron chi connectivity index (χ0n) is 16.2. The summed E-state index contributed by atoms with van der Waals surface area (Å²) in [6.07, 6.45) is 1.67. The smallest absolute Gasteiger partial charge is 0.229 e. The van der Waals surface area contributed by atoms with Crippen LogP contribution in [-0.4, -0.2) is 38.3 Å². The number of halogens is 1. The minimum absolute atomic E-state index is 0.414. The lowest BCUT2D eigenvalue weighted by atomic mass is 10.2. The van der Waals surface area contributed by atoms with E-state index in [0.717, 1.165) is 11.4 Å². The van der Waals surface area contributed by atoms with Crippen LogP contribution in [0.5, 0.6) is 11.5 Å². The molecule has 2 aromatic carbocycles.